The molecule has 1 N–H and O–H groups in total. The number of anilines is 1. The minimum absolute atomic E-state index is 0.103. The Kier molecular flexibility index (Phi) is 2.57. The predicted octanol–water partition coefficient (Wildman–Crippen LogP) is 2.41. The van der Waals surface area contributed by atoms with E-state index in [1.807, 2.05) is 6.92 Å². The Hall–Kier alpha value is -1.53. The number of hydrogen-bond donors (Lipinski definition) is 1. The van der Waals surface area contributed by atoms with Crippen LogP contribution < -0.4 is 5.32 Å². The van der Waals surface area contributed by atoms with Crippen LogP contribution in [0.15, 0.2) is 18.2 Å². The van der Waals surface area contributed by atoms with Crippen LogP contribution in [0.5, 0.6) is 0 Å². The molecule has 3 rings (SSSR count). The van der Waals surface area contributed by atoms with Crippen molar-refractivity contribution in [3.8, 4) is 0 Å². The van der Waals surface area contributed by atoms with Crippen molar-refractivity contribution in [1.82, 2.24) is 4.98 Å². The van der Waals surface area contributed by atoms with E-state index in [9.17, 15) is 9.18 Å². The normalized spacial score (nSPS) is 17.4. The number of carbonyl (C=O) groups excluding carboxylic acids is 1. The average Bonchev–Trinajstić information content (AvgIpc) is 2.67. The summed E-state index contributed by atoms with van der Waals surface area (Å²) in [6.07, 6.45) is 0. The van der Waals surface area contributed by atoms with Gasteiger partial charge in [0.15, 0.2) is 5.13 Å². The number of nitrogens with zero attached hydrogens (tertiary/aromatic N) is 1. The maximum absolute atomic E-state index is 13.0. The number of halogens is 1. The van der Waals surface area contributed by atoms with Gasteiger partial charge in [-0.1, -0.05) is 11.3 Å². The minimum atomic E-state index is -0.469. The van der Waals surface area contributed by atoms with Crippen LogP contribution in [0.2, 0.25) is 0 Å². The summed E-state index contributed by atoms with van der Waals surface area (Å²) in [7, 11) is 0. The second-order valence-electron chi connectivity index (χ2n) is 4.64. The molecule has 94 valence electrons. The van der Waals surface area contributed by atoms with Gasteiger partial charge in [-0.2, -0.15) is 0 Å². The lowest BCUT2D eigenvalue weighted by atomic mass is 9.88. The summed E-state index contributed by atoms with van der Waals surface area (Å²) in [4.78, 5) is 16.2. The second kappa shape index (κ2) is 4.00. The van der Waals surface area contributed by atoms with E-state index in [1.165, 1.54) is 23.5 Å². The van der Waals surface area contributed by atoms with Crippen molar-refractivity contribution >= 4 is 32.6 Å². The highest BCUT2D eigenvalue weighted by atomic mass is 32.1. The highest BCUT2D eigenvalue weighted by Crippen LogP contribution is 2.31. The third kappa shape index (κ3) is 1.87. The van der Waals surface area contributed by atoms with Crippen LogP contribution in [0.3, 0.4) is 0 Å². The molecule has 1 aromatic heterocycles. The first-order chi connectivity index (χ1) is 8.57. The first-order valence-electron chi connectivity index (χ1n) is 5.52. The van der Waals surface area contributed by atoms with Crippen molar-refractivity contribution in [2.45, 2.75) is 6.92 Å². The Morgan fingerprint density at radius 1 is 1.56 bits per heavy atom. The van der Waals surface area contributed by atoms with E-state index in [4.69, 9.17) is 4.74 Å². The molecule has 0 saturated carbocycles. The van der Waals surface area contributed by atoms with Gasteiger partial charge >= 0.3 is 0 Å². The fourth-order valence-electron chi connectivity index (χ4n) is 1.74. The summed E-state index contributed by atoms with van der Waals surface area (Å²) in [6, 6.07) is 4.37. The zero-order valence-electron chi connectivity index (χ0n) is 9.70. The molecule has 1 saturated heterocycles. The van der Waals surface area contributed by atoms with Crippen molar-refractivity contribution in [2.75, 3.05) is 18.5 Å². The molecule has 2 aromatic rings. The van der Waals surface area contributed by atoms with Crippen molar-refractivity contribution in [1.29, 1.82) is 0 Å². The maximum atomic E-state index is 13.0. The lowest BCUT2D eigenvalue weighted by Crippen LogP contribution is -2.49. The molecular formula is C12H11FN2O2S. The van der Waals surface area contributed by atoms with Crippen LogP contribution in [0.4, 0.5) is 9.52 Å². The Morgan fingerprint density at radius 3 is 3.00 bits per heavy atom. The summed E-state index contributed by atoms with van der Waals surface area (Å²) in [5, 5.41) is 3.25. The maximum Gasteiger partial charge on any atom is 0.236 e. The number of thiazole rings is 1. The molecule has 18 heavy (non-hydrogen) atoms. The number of ether oxygens (including phenoxy) is 1. The second-order valence-corrected chi connectivity index (χ2v) is 5.67. The standard InChI is InChI=1S/C12H11FN2O2S/c1-12(5-17-6-12)10(16)15-11-14-8-3-2-7(13)4-9(8)18-11/h2-4H,5-6H2,1H3,(H,14,15,16). The Morgan fingerprint density at radius 2 is 2.33 bits per heavy atom. The van der Waals surface area contributed by atoms with Crippen molar-refractivity contribution < 1.29 is 13.9 Å². The third-order valence-corrected chi connectivity index (χ3v) is 3.89. The van der Waals surface area contributed by atoms with Crippen LogP contribution >= 0.6 is 11.3 Å². The van der Waals surface area contributed by atoms with E-state index in [2.05, 4.69) is 10.3 Å². The summed E-state index contributed by atoms with van der Waals surface area (Å²) in [5.74, 6) is -0.406. The summed E-state index contributed by atoms with van der Waals surface area (Å²) in [6.45, 7) is 2.70. The van der Waals surface area contributed by atoms with E-state index >= 15 is 0 Å². The van der Waals surface area contributed by atoms with E-state index in [0.717, 1.165) is 4.70 Å². The van der Waals surface area contributed by atoms with Crippen LogP contribution in [-0.2, 0) is 9.53 Å². The number of amides is 1. The zero-order chi connectivity index (χ0) is 12.8. The smallest absolute Gasteiger partial charge is 0.236 e. The van der Waals surface area contributed by atoms with Crippen LogP contribution in [0.25, 0.3) is 10.2 Å². The number of carbonyl (C=O) groups is 1. The summed E-state index contributed by atoms with van der Waals surface area (Å²) >= 11 is 1.27. The number of benzene rings is 1. The highest BCUT2D eigenvalue weighted by molar-refractivity contribution is 7.22. The monoisotopic (exact) mass is 266 g/mol. The molecule has 0 radical (unpaired) electrons. The molecule has 2 heterocycles. The highest BCUT2D eigenvalue weighted by Gasteiger charge is 2.41. The van der Waals surface area contributed by atoms with E-state index in [1.54, 1.807) is 6.07 Å². The first-order valence-corrected chi connectivity index (χ1v) is 6.34. The largest absolute Gasteiger partial charge is 0.379 e. The van der Waals surface area contributed by atoms with E-state index < -0.39 is 5.41 Å². The lowest BCUT2D eigenvalue weighted by Gasteiger charge is -2.35. The molecule has 0 bridgehead atoms. The number of hydrogen-bond acceptors (Lipinski definition) is 4. The number of aromatic nitrogens is 1. The van der Waals surface area contributed by atoms with Gasteiger partial charge in [-0.25, -0.2) is 9.37 Å². The number of nitrogens with one attached hydrogen (secondary N) is 1. The zero-order valence-corrected chi connectivity index (χ0v) is 10.5. The quantitative estimate of drug-likeness (QED) is 0.908. The molecule has 0 aliphatic carbocycles. The van der Waals surface area contributed by atoms with Gasteiger partial charge in [0.25, 0.3) is 0 Å². The Bertz CT molecular complexity index is 622. The molecule has 1 fully saturated rings. The van der Waals surface area contributed by atoms with Crippen molar-refractivity contribution in [2.24, 2.45) is 5.41 Å². The molecule has 1 amide bonds. The number of fused-ring (bicyclic) bond motifs is 1. The molecular weight excluding hydrogens is 255 g/mol. The van der Waals surface area contributed by atoms with Gasteiger partial charge in [0.05, 0.1) is 28.8 Å². The van der Waals surface area contributed by atoms with Gasteiger partial charge in [-0.3, -0.25) is 4.79 Å². The van der Waals surface area contributed by atoms with Gasteiger partial charge in [-0.15, -0.1) is 0 Å². The molecule has 6 heteroatoms. The molecule has 1 aliphatic heterocycles. The Balaban J connectivity index is 1.84. The van der Waals surface area contributed by atoms with E-state index in [-0.39, 0.29) is 11.7 Å². The van der Waals surface area contributed by atoms with Gasteiger partial charge in [-0.05, 0) is 25.1 Å². The van der Waals surface area contributed by atoms with Crippen LogP contribution in [0.1, 0.15) is 6.92 Å². The van der Waals surface area contributed by atoms with Crippen LogP contribution in [0, 0.1) is 11.2 Å². The molecule has 0 spiro atoms. The fraction of sp³-hybridized carbons (Fsp3) is 0.333. The molecule has 0 atom stereocenters. The summed E-state index contributed by atoms with van der Waals surface area (Å²) < 4.78 is 18.8. The van der Waals surface area contributed by atoms with Crippen molar-refractivity contribution in [3.63, 3.8) is 0 Å². The fourth-order valence-corrected chi connectivity index (χ4v) is 2.63. The molecule has 4 nitrogen and oxygen atoms in total. The van der Waals surface area contributed by atoms with Gasteiger partial charge < -0.3 is 10.1 Å². The average molecular weight is 266 g/mol. The lowest BCUT2D eigenvalue weighted by molar-refractivity contribution is -0.151. The topological polar surface area (TPSA) is 51.2 Å². The van der Waals surface area contributed by atoms with Crippen LogP contribution in [-0.4, -0.2) is 24.1 Å². The molecule has 1 aliphatic rings. The third-order valence-electron chi connectivity index (χ3n) is 2.96. The Labute approximate surface area is 107 Å². The number of rotatable bonds is 2. The molecule has 1 aromatic carbocycles. The van der Waals surface area contributed by atoms with Gasteiger partial charge in [0.1, 0.15) is 5.82 Å². The van der Waals surface area contributed by atoms with Gasteiger partial charge in [0.2, 0.25) is 5.91 Å². The predicted molar refractivity (Wildman–Crippen MR) is 67.1 cm³/mol. The first kappa shape index (κ1) is 11.6. The SMILES string of the molecule is CC1(C(=O)Nc2nc3ccc(F)cc3s2)COC1. The van der Waals surface area contributed by atoms with E-state index in [0.29, 0.717) is 23.9 Å². The van der Waals surface area contributed by atoms with Gasteiger partial charge in [0, 0.05) is 0 Å². The van der Waals surface area contributed by atoms with Crippen molar-refractivity contribution in [3.05, 3.63) is 24.0 Å². The molecule has 0 unspecified atom stereocenters. The minimum Gasteiger partial charge on any atom is -0.379 e. The summed E-state index contributed by atoms with van der Waals surface area (Å²) in [5.41, 5.74) is 0.218.